The third kappa shape index (κ3) is 3.96. The van der Waals surface area contributed by atoms with Gasteiger partial charge in [0, 0.05) is 7.11 Å². The molecule has 3 nitrogen and oxygen atoms in total. The zero-order chi connectivity index (χ0) is 15.5. The van der Waals surface area contributed by atoms with Crippen LogP contribution in [-0.2, 0) is 4.74 Å². The molecule has 0 aromatic heterocycles. The summed E-state index contributed by atoms with van der Waals surface area (Å²) in [5.41, 5.74) is 0.741. The summed E-state index contributed by atoms with van der Waals surface area (Å²) in [7, 11) is 3.37. The van der Waals surface area contributed by atoms with Crippen LogP contribution < -0.4 is 4.74 Å². The minimum atomic E-state index is -0.467. The topological polar surface area (TPSA) is 38.7 Å². The zero-order valence-corrected chi connectivity index (χ0v) is 13.2. The van der Waals surface area contributed by atoms with Gasteiger partial charge in [-0.25, -0.2) is 0 Å². The van der Waals surface area contributed by atoms with Crippen LogP contribution in [0.2, 0.25) is 0 Å². The summed E-state index contributed by atoms with van der Waals surface area (Å²) in [6.07, 6.45) is 1.03. The molecule has 0 saturated carbocycles. The molecule has 0 aliphatic heterocycles. The molecule has 114 valence electrons. The molecule has 3 heteroatoms. The van der Waals surface area contributed by atoms with Gasteiger partial charge in [-0.15, -0.1) is 0 Å². The number of rotatable bonds is 6. The van der Waals surface area contributed by atoms with Crippen molar-refractivity contribution in [1.82, 2.24) is 0 Å². The lowest BCUT2D eigenvalue weighted by atomic mass is 9.95. The summed E-state index contributed by atoms with van der Waals surface area (Å²) >= 11 is 0. The van der Waals surface area contributed by atoms with Gasteiger partial charge in [0.1, 0.15) is 5.75 Å². The Labute approximate surface area is 126 Å². The highest BCUT2D eigenvalue weighted by atomic mass is 16.5. The first-order chi connectivity index (χ1) is 9.95. The second kappa shape index (κ2) is 6.46. The van der Waals surface area contributed by atoms with Crippen molar-refractivity contribution in [1.29, 1.82) is 0 Å². The fraction of sp³-hybridized carbons (Fsp3) is 0.444. The van der Waals surface area contributed by atoms with Crippen molar-refractivity contribution in [3.63, 3.8) is 0 Å². The van der Waals surface area contributed by atoms with Crippen molar-refractivity contribution in [3.8, 4) is 5.75 Å². The quantitative estimate of drug-likeness (QED) is 0.870. The summed E-state index contributed by atoms with van der Waals surface area (Å²) in [5.74, 6) is 0.845. The normalized spacial score (nSPS) is 13.4. The molecule has 2 aromatic carbocycles. The summed E-state index contributed by atoms with van der Waals surface area (Å²) in [5, 5.41) is 12.6. The van der Waals surface area contributed by atoms with E-state index >= 15 is 0 Å². The first-order valence-corrected chi connectivity index (χ1v) is 7.26. The fourth-order valence-corrected chi connectivity index (χ4v) is 2.33. The van der Waals surface area contributed by atoms with E-state index in [2.05, 4.69) is 0 Å². The number of aliphatic hydroxyl groups is 1. The standard InChI is InChI=1S/C18H24O3/c1-18(2,21-4)10-9-17(19)15-6-5-14-12-16(20-3)8-7-13(14)11-15/h5-8,11-12,17,19H,9-10H2,1-4H3. The minimum Gasteiger partial charge on any atom is -0.497 e. The van der Waals surface area contributed by atoms with E-state index < -0.39 is 6.10 Å². The monoisotopic (exact) mass is 288 g/mol. The van der Waals surface area contributed by atoms with E-state index in [0.717, 1.165) is 28.5 Å². The van der Waals surface area contributed by atoms with Crippen LogP contribution >= 0.6 is 0 Å². The van der Waals surface area contributed by atoms with Crippen LogP contribution in [0.5, 0.6) is 5.75 Å². The highest BCUT2D eigenvalue weighted by Gasteiger charge is 2.19. The Morgan fingerprint density at radius 1 is 1.05 bits per heavy atom. The Morgan fingerprint density at radius 3 is 2.38 bits per heavy atom. The van der Waals surface area contributed by atoms with Crippen molar-refractivity contribution in [2.45, 2.75) is 38.4 Å². The lowest BCUT2D eigenvalue weighted by Gasteiger charge is -2.24. The number of hydrogen-bond donors (Lipinski definition) is 1. The molecule has 0 heterocycles. The van der Waals surface area contributed by atoms with Crippen LogP contribution in [0.25, 0.3) is 10.8 Å². The third-order valence-electron chi connectivity index (χ3n) is 4.03. The molecular formula is C18H24O3. The molecule has 2 aromatic rings. The van der Waals surface area contributed by atoms with E-state index in [1.165, 1.54) is 0 Å². The van der Waals surface area contributed by atoms with E-state index in [4.69, 9.17) is 9.47 Å². The number of methoxy groups -OCH3 is 2. The van der Waals surface area contributed by atoms with Crippen molar-refractivity contribution in [2.24, 2.45) is 0 Å². The van der Waals surface area contributed by atoms with Crippen molar-refractivity contribution >= 4 is 10.8 Å². The molecule has 0 aliphatic rings. The van der Waals surface area contributed by atoms with E-state index in [9.17, 15) is 5.11 Å². The van der Waals surface area contributed by atoms with Gasteiger partial charge in [0.15, 0.2) is 0 Å². The van der Waals surface area contributed by atoms with E-state index in [0.29, 0.717) is 6.42 Å². The van der Waals surface area contributed by atoms with Gasteiger partial charge in [-0.1, -0.05) is 18.2 Å². The second-order valence-corrected chi connectivity index (χ2v) is 5.99. The average molecular weight is 288 g/mol. The molecule has 0 amide bonds. The highest BCUT2D eigenvalue weighted by molar-refractivity contribution is 5.84. The molecular weight excluding hydrogens is 264 g/mol. The second-order valence-electron chi connectivity index (χ2n) is 5.99. The molecule has 1 N–H and O–H groups in total. The molecule has 0 fully saturated rings. The molecule has 21 heavy (non-hydrogen) atoms. The van der Waals surface area contributed by atoms with Gasteiger partial charge in [-0.05, 0) is 61.2 Å². The lowest BCUT2D eigenvalue weighted by molar-refractivity contribution is 0.00280. The van der Waals surface area contributed by atoms with Crippen LogP contribution in [-0.4, -0.2) is 24.9 Å². The Morgan fingerprint density at radius 2 is 1.71 bits per heavy atom. The van der Waals surface area contributed by atoms with E-state index in [1.54, 1.807) is 14.2 Å². The van der Waals surface area contributed by atoms with Gasteiger partial charge in [0.2, 0.25) is 0 Å². The maximum absolute atomic E-state index is 10.4. The van der Waals surface area contributed by atoms with Gasteiger partial charge in [-0.2, -0.15) is 0 Å². The predicted octanol–water partition coefficient (Wildman–Crippen LogP) is 4.09. The first-order valence-electron chi connectivity index (χ1n) is 7.26. The van der Waals surface area contributed by atoms with Crippen LogP contribution in [0.15, 0.2) is 36.4 Å². The van der Waals surface area contributed by atoms with Gasteiger partial charge in [-0.3, -0.25) is 0 Å². The number of fused-ring (bicyclic) bond motifs is 1. The third-order valence-corrected chi connectivity index (χ3v) is 4.03. The smallest absolute Gasteiger partial charge is 0.119 e. The Balaban J connectivity index is 2.15. The van der Waals surface area contributed by atoms with Crippen molar-refractivity contribution in [2.75, 3.05) is 14.2 Å². The van der Waals surface area contributed by atoms with Crippen LogP contribution in [0, 0.1) is 0 Å². The molecule has 0 saturated heterocycles. The largest absolute Gasteiger partial charge is 0.497 e. The molecule has 0 radical (unpaired) electrons. The number of benzene rings is 2. The number of ether oxygens (including phenoxy) is 2. The van der Waals surface area contributed by atoms with Crippen molar-refractivity contribution < 1.29 is 14.6 Å². The Kier molecular flexibility index (Phi) is 4.86. The van der Waals surface area contributed by atoms with Gasteiger partial charge < -0.3 is 14.6 Å². The summed E-state index contributed by atoms with van der Waals surface area (Å²) in [6, 6.07) is 12.0. The highest BCUT2D eigenvalue weighted by Crippen LogP contribution is 2.28. The summed E-state index contributed by atoms with van der Waals surface area (Å²) < 4.78 is 10.6. The van der Waals surface area contributed by atoms with Gasteiger partial charge in [0.25, 0.3) is 0 Å². The maximum Gasteiger partial charge on any atom is 0.119 e. The predicted molar refractivity (Wildman–Crippen MR) is 85.8 cm³/mol. The van der Waals surface area contributed by atoms with Crippen LogP contribution in [0.1, 0.15) is 38.4 Å². The molecule has 0 aliphatic carbocycles. The molecule has 0 spiro atoms. The van der Waals surface area contributed by atoms with Crippen LogP contribution in [0.3, 0.4) is 0 Å². The number of aliphatic hydroxyl groups excluding tert-OH is 1. The first kappa shape index (κ1) is 15.8. The van der Waals surface area contributed by atoms with Crippen LogP contribution in [0.4, 0.5) is 0 Å². The molecule has 1 atom stereocenters. The fourth-order valence-electron chi connectivity index (χ4n) is 2.33. The molecule has 2 rings (SSSR count). The number of hydrogen-bond acceptors (Lipinski definition) is 3. The minimum absolute atomic E-state index is 0.203. The Hall–Kier alpha value is -1.58. The SMILES string of the molecule is COc1ccc2cc(C(O)CCC(C)(C)OC)ccc2c1. The summed E-state index contributed by atoms with van der Waals surface area (Å²) in [4.78, 5) is 0. The van der Waals surface area contributed by atoms with E-state index in [1.807, 2.05) is 50.2 Å². The molecule has 0 bridgehead atoms. The van der Waals surface area contributed by atoms with Gasteiger partial charge in [0.05, 0.1) is 18.8 Å². The lowest BCUT2D eigenvalue weighted by Crippen LogP contribution is -2.23. The average Bonchev–Trinajstić information content (AvgIpc) is 2.51. The maximum atomic E-state index is 10.4. The summed E-state index contributed by atoms with van der Waals surface area (Å²) in [6.45, 7) is 4.07. The van der Waals surface area contributed by atoms with Gasteiger partial charge >= 0.3 is 0 Å². The zero-order valence-electron chi connectivity index (χ0n) is 13.2. The van der Waals surface area contributed by atoms with E-state index in [-0.39, 0.29) is 5.60 Å². The molecule has 1 unspecified atom stereocenters. The van der Waals surface area contributed by atoms with Crippen molar-refractivity contribution in [3.05, 3.63) is 42.0 Å². The Bertz CT molecular complexity index is 604.